The maximum absolute atomic E-state index is 13.4. The SMILES string of the molecule is COc1ccc(OC)c(N(CC(=O)N2CCCC2=O)S(=O)(=O)c2ccccc2)c1. The van der Waals surface area contributed by atoms with Gasteiger partial charge in [-0.1, -0.05) is 18.2 Å². The van der Waals surface area contributed by atoms with Crippen LogP contribution in [-0.2, 0) is 19.6 Å². The van der Waals surface area contributed by atoms with Gasteiger partial charge in [-0.3, -0.25) is 18.8 Å². The van der Waals surface area contributed by atoms with Crippen LogP contribution in [0.15, 0.2) is 53.4 Å². The number of benzene rings is 2. The molecule has 8 nitrogen and oxygen atoms in total. The fraction of sp³-hybridized carbons (Fsp3) is 0.300. The largest absolute Gasteiger partial charge is 0.497 e. The van der Waals surface area contributed by atoms with Crippen LogP contribution < -0.4 is 13.8 Å². The fourth-order valence-corrected chi connectivity index (χ4v) is 4.57. The molecule has 154 valence electrons. The van der Waals surface area contributed by atoms with Crippen LogP contribution in [-0.4, -0.2) is 52.4 Å². The fourth-order valence-electron chi connectivity index (χ4n) is 3.13. The van der Waals surface area contributed by atoms with Crippen molar-refractivity contribution in [3.05, 3.63) is 48.5 Å². The number of hydrogen-bond donors (Lipinski definition) is 0. The molecular formula is C20H22N2O6S. The van der Waals surface area contributed by atoms with Gasteiger partial charge in [-0.2, -0.15) is 0 Å². The van der Waals surface area contributed by atoms with E-state index in [4.69, 9.17) is 9.47 Å². The average molecular weight is 418 g/mol. The predicted molar refractivity (Wildman–Crippen MR) is 106 cm³/mol. The molecule has 0 saturated carbocycles. The number of hydrogen-bond acceptors (Lipinski definition) is 6. The summed E-state index contributed by atoms with van der Waals surface area (Å²) in [6.07, 6.45) is 0.845. The molecule has 0 bridgehead atoms. The number of methoxy groups -OCH3 is 2. The van der Waals surface area contributed by atoms with Crippen molar-refractivity contribution in [2.45, 2.75) is 17.7 Å². The minimum Gasteiger partial charge on any atom is -0.497 e. The quantitative estimate of drug-likeness (QED) is 0.683. The zero-order valence-corrected chi connectivity index (χ0v) is 17.0. The van der Waals surface area contributed by atoms with Crippen molar-refractivity contribution in [1.29, 1.82) is 0 Å². The molecule has 2 amide bonds. The summed E-state index contributed by atoms with van der Waals surface area (Å²) in [4.78, 5) is 25.9. The topological polar surface area (TPSA) is 93.2 Å². The Morgan fingerprint density at radius 3 is 2.41 bits per heavy atom. The van der Waals surface area contributed by atoms with E-state index in [9.17, 15) is 18.0 Å². The molecule has 1 aliphatic heterocycles. The number of rotatable bonds is 7. The Morgan fingerprint density at radius 1 is 1.10 bits per heavy atom. The second kappa shape index (κ2) is 8.52. The van der Waals surface area contributed by atoms with Crippen molar-refractivity contribution in [2.75, 3.05) is 31.6 Å². The number of amides is 2. The molecule has 0 spiro atoms. The number of sulfonamides is 1. The first-order valence-electron chi connectivity index (χ1n) is 9.01. The summed E-state index contributed by atoms with van der Waals surface area (Å²) in [6.45, 7) is -0.251. The normalized spacial score (nSPS) is 14.0. The number of carbonyl (C=O) groups excluding carboxylic acids is 2. The van der Waals surface area contributed by atoms with Gasteiger partial charge in [0, 0.05) is 19.0 Å². The molecule has 0 N–H and O–H groups in total. The third-order valence-electron chi connectivity index (χ3n) is 4.64. The second-order valence-corrected chi connectivity index (χ2v) is 8.27. The van der Waals surface area contributed by atoms with E-state index in [2.05, 4.69) is 0 Å². The van der Waals surface area contributed by atoms with E-state index in [0.29, 0.717) is 12.2 Å². The third-order valence-corrected chi connectivity index (χ3v) is 6.41. The number of ether oxygens (including phenoxy) is 2. The Morgan fingerprint density at radius 2 is 1.83 bits per heavy atom. The van der Waals surface area contributed by atoms with E-state index in [1.54, 1.807) is 30.3 Å². The average Bonchev–Trinajstić information content (AvgIpc) is 3.18. The third kappa shape index (κ3) is 4.19. The van der Waals surface area contributed by atoms with E-state index in [1.165, 1.54) is 32.4 Å². The van der Waals surface area contributed by atoms with E-state index < -0.39 is 22.5 Å². The highest BCUT2D eigenvalue weighted by molar-refractivity contribution is 7.92. The summed E-state index contributed by atoms with van der Waals surface area (Å²) in [5.74, 6) is -0.230. The lowest BCUT2D eigenvalue weighted by molar-refractivity contribution is -0.140. The lowest BCUT2D eigenvalue weighted by atomic mass is 10.2. The molecule has 9 heteroatoms. The van der Waals surface area contributed by atoms with Crippen LogP contribution in [0.3, 0.4) is 0 Å². The Labute approximate surface area is 169 Å². The lowest BCUT2D eigenvalue weighted by Crippen LogP contribution is -2.43. The highest BCUT2D eigenvalue weighted by atomic mass is 32.2. The summed E-state index contributed by atoms with van der Waals surface area (Å²) in [5.41, 5.74) is 0.149. The highest BCUT2D eigenvalue weighted by Crippen LogP contribution is 2.35. The number of nitrogens with zero attached hydrogens (tertiary/aromatic N) is 2. The van der Waals surface area contributed by atoms with Crippen molar-refractivity contribution in [2.24, 2.45) is 0 Å². The van der Waals surface area contributed by atoms with Gasteiger partial charge in [0.25, 0.3) is 10.0 Å². The molecule has 1 aliphatic rings. The predicted octanol–water partition coefficient (Wildman–Crippen LogP) is 2.05. The van der Waals surface area contributed by atoms with Crippen LogP contribution in [0.4, 0.5) is 5.69 Å². The van der Waals surface area contributed by atoms with Gasteiger partial charge < -0.3 is 9.47 Å². The zero-order chi connectivity index (χ0) is 21.0. The van der Waals surface area contributed by atoms with Crippen LogP contribution in [0, 0.1) is 0 Å². The Balaban J connectivity index is 2.09. The van der Waals surface area contributed by atoms with E-state index in [0.717, 1.165) is 9.21 Å². The molecule has 1 saturated heterocycles. The first-order valence-corrected chi connectivity index (χ1v) is 10.5. The van der Waals surface area contributed by atoms with E-state index in [1.807, 2.05) is 0 Å². The van der Waals surface area contributed by atoms with Crippen LogP contribution in [0.25, 0.3) is 0 Å². The molecule has 29 heavy (non-hydrogen) atoms. The molecular weight excluding hydrogens is 396 g/mol. The summed E-state index contributed by atoms with van der Waals surface area (Å²) in [5, 5.41) is 0. The van der Waals surface area contributed by atoms with Gasteiger partial charge in [-0.05, 0) is 30.7 Å². The summed E-state index contributed by atoms with van der Waals surface area (Å²) < 4.78 is 38.3. The molecule has 3 rings (SSSR count). The maximum Gasteiger partial charge on any atom is 0.264 e. The van der Waals surface area contributed by atoms with E-state index in [-0.39, 0.29) is 35.2 Å². The van der Waals surface area contributed by atoms with Crippen molar-refractivity contribution in [1.82, 2.24) is 4.90 Å². The van der Waals surface area contributed by atoms with Crippen molar-refractivity contribution in [3.63, 3.8) is 0 Å². The van der Waals surface area contributed by atoms with Gasteiger partial charge in [0.2, 0.25) is 11.8 Å². The maximum atomic E-state index is 13.4. The number of likely N-dealkylation sites (tertiary alicyclic amines) is 1. The first kappa shape index (κ1) is 20.7. The van der Waals surface area contributed by atoms with Gasteiger partial charge in [0.15, 0.2) is 0 Å². The van der Waals surface area contributed by atoms with Crippen LogP contribution in [0.5, 0.6) is 11.5 Å². The molecule has 0 unspecified atom stereocenters. The minimum atomic E-state index is -4.11. The molecule has 2 aromatic rings. The number of imide groups is 1. The zero-order valence-electron chi connectivity index (χ0n) is 16.2. The Hall–Kier alpha value is -3.07. The molecule has 1 fully saturated rings. The number of carbonyl (C=O) groups is 2. The van der Waals surface area contributed by atoms with E-state index >= 15 is 0 Å². The van der Waals surface area contributed by atoms with Gasteiger partial charge >= 0.3 is 0 Å². The Kier molecular flexibility index (Phi) is 6.07. The summed E-state index contributed by atoms with van der Waals surface area (Å²) in [7, 11) is -1.25. The highest BCUT2D eigenvalue weighted by Gasteiger charge is 2.34. The molecule has 0 atom stereocenters. The Bertz CT molecular complexity index is 1010. The first-order chi connectivity index (χ1) is 13.9. The van der Waals surface area contributed by atoms with Crippen LogP contribution >= 0.6 is 0 Å². The van der Waals surface area contributed by atoms with Crippen molar-refractivity contribution < 1.29 is 27.5 Å². The summed E-state index contributed by atoms with van der Waals surface area (Å²) >= 11 is 0. The van der Waals surface area contributed by atoms with Gasteiger partial charge in [-0.15, -0.1) is 0 Å². The monoisotopic (exact) mass is 418 g/mol. The standard InChI is InChI=1S/C20H22N2O6S/c1-27-15-10-11-18(28-2)17(13-15)22(14-20(24)21-12-6-9-19(21)23)29(25,26)16-7-4-3-5-8-16/h3-5,7-8,10-11,13H,6,9,12,14H2,1-2H3. The van der Waals surface area contributed by atoms with Crippen LogP contribution in [0.2, 0.25) is 0 Å². The molecule has 2 aromatic carbocycles. The van der Waals surface area contributed by atoms with Crippen molar-refractivity contribution >= 4 is 27.5 Å². The molecule has 0 aromatic heterocycles. The minimum absolute atomic E-state index is 0.0189. The molecule has 1 heterocycles. The molecule has 0 radical (unpaired) electrons. The van der Waals surface area contributed by atoms with Gasteiger partial charge in [0.1, 0.15) is 18.0 Å². The van der Waals surface area contributed by atoms with Gasteiger partial charge in [-0.25, -0.2) is 8.42 Å². The second-order valence-electron chi connectivity index (χ2n) is 6.41. The molecule has 0 aliphatic carbocycles. The lowest BCUT2D eigenvalue weighted by Gasteiger charge is -2.27. The van der Waals surface area contributed by atoms with Crippen LogP contribution in [0.1, 0.15) is 12.8 Å². The number of anilines is 1. The van der Waals surface area contributed by atoms with Gasteiger partial charge in [0.05, 0.1) is 24.8 Å². The summed E-state index contributed by atoms with van der Waals surface area (Å²) in [6, 6.07) is 12.5. The van der Waals surface area contributed by atoms with Crippen molar-refractivity contribution in [3.8, 4) is 11.5 Å². The smallest absolute Gasteiger partial charge is 0.264 e.